The van der Waals surface area contributed by atoms with Crippen molar-refractivity contribution >= 4 is 5.69 Å². The van der Waals surface area contributed by atoms with Gasteiger partial charge in [-0.1, -0.05) is 6.92 Å². The maximum absolute atomic E-state index is 13.9. The zero-order valence-electron chi connectivity index (χ0n) is 11.8. The molecule has 1 aliphatic carbocycles. The first-order chi connectivity index (χ1) is 9.76. The fraction of sp³-hybridized carbons (Fsp3) is 0.600. The minimum absolute atomic E-state index is 0.00611. The molecule has 0 amide bonds. The Kier molecular flexibility index (Phi) is 4.46. The summed E-state index contributed by atoms with van der Waals surface area (Å²) in [6, 6.07) is 2.42. The molecule has 118 valence electrons. The molecule has 1 aromatic rings. The summed E-state index contributed by atoms with van der Waals surface area (Å²) < 4.78 is 51.4. The normalized spacial score (nSPS) is 26.7. The second kappa shape index (κ2) is 5.83. The smallest absolute Gasteiger partial charge is 0.394 e. The van der Waals surface area contributed by atoms with Gasteiger partial charge in [0.25, 0.3) is 0 Å². The third kappa shape index (κ3) is 3.67. The molecule has 0 atom stereocenters. The number of benzene rings is 1. The Morgan fingerprint density at radius 2 is 1.90 bits per heavy atom. The van der Waals surface area contributed by atoms with Crippen LogP contribution in [0.15, 0.2) is 18.2 Å². The Balaban J connectivity index is 2.19. The molecule has 21 heavy (non-hydrogen) atoms. The van der Waals surface area contributed by atoms with Gasteiger partial charge in [0.2, 0.25) is 0 Å². The summed E-state index contributed by atoms with van der Waals surface area (Å²) in [7, 11) is 0. The number of rotatable bonds is 3. The molecule has 0 bridgehead atoms. The number of halogens is 4. The molecule has 1 aromatic carbocycles. The Morgan fingerprint density at radius 3 is 2.38 bits per heavy atom. The molecule has 0 aromatic heterocycles. The SMILES string of the molecule is CC1CCC(CO)(Nc2ccc(C(F)(F)F)cc2F)CC1. The van der Waals surface area contributed by atoms with Crippen LogP contribution in [0.3, 0.4) is 0 Å². The standard InChI is InChI=1S/C15H19F4NO/c1-10-4-6-14(9-21,7-5-10)20-13-3-2-11(8-12(13)16)15(17,18)19/h2-3,8,10,20-21H,4-7,9H2,1H3. The summed E-state index contributed by atoms with van der Waals surface area (Å²) in [5.41, 5.74) is -1.65. The second-order valence-electron chi connectivity index (χ2n) is 5.94. The van der Waals surface area contributed by atoms with E-state index in [1.165, 1.54) is 0 Å². The van der Waals surface area contributed by atoms with E-state index in [0.29, 0.717) is 24.8 Å². The molecule has 0 radical (unpaired) electrons. The molecule has 0 heterocycles. The summed E-state index contributed by atoms with van der Waals surface area (Å²) >= 11 is 0. The monoisotopic (exact) mass is 305 g/mol. The lowest BCUT2D eigenvalue weighted by Gasteiger charge is -2.39. The summed E-state index contributed by atoms with van der Waals surface area (Å²) in [5.74, 6) is -0.403. The molecule has 0 saturated heterocycles. The lowest BCUT2D eigenvalue weighted by molar-refractivity contribution is -0.137. The van der Waals surface area contributed by atoms with Crippen LogP contribution in [0.5, 0.6) is 0 Å². The van der Waals surface area contributed by atoms with Crippen LogP contribution < -0.4 is 5.32 Å². The number of anilines is 1. The molecule has 2 nitrogen and oxygen atoms in total. The topological polar surface area (TPSA) is 32.3 Å². The highest BCUT2D eigenvalue weighted by molar-refractivity contribution is 5.49. The molecule has 0 spiro atoms. The van der Waals surface area contributed by atoms with Crippen LogP contribution in [0.2, 0.25) is 0 Å². The largest absolute Gasteiger partial charge is 0.416 e. The van der Waals surface area contributed by atoms with E-state index >= 15 is 0 Å². The van der Waals surface area contributed by atoms with E-state index in [0.717, 1.165) is 25.0 Å². The highest BCUT2D eigenvalue weighted by Gasteiger charge is 2.35. The van der Waals surface area contributed by atoms with Crippen molar-refractivity contribution in [3.05, 3.63) is 29.6 Å². The van der Waals surface area contributed by atoms with Crippen LogP contribution in [-0.4, -0.2) is 17.3 Å². The van der Waals surface area contributed by atoms with E-state index in [-0.39, 0.29) is 12.3 Å². The van der Waals surface area contributed by atoms with Crippen LogP contribution in [0.4, 0.5) is 23.2 Å². The fourth-order valence-corrected chi connectivity index (χ4v) is 2.72. The van der Waals surface area contributed by atoms with E-state index in [9.17, 15) is 22.7 Å². The lowest BCUT2D eigenvalue weighted by atomic mass is 9.77. The van der Waals surface area contributed by atoms with Crippen molar-refractivity contribution in [1.82, 2.24) is 0 Å². The van der Waals surface area contributed by atoms with Crippen molar-refractivity contribution in [2.75, 3.05) is 11.9 Å². The van der Waals surface area contributed by atoms with Crippen LogP contribution >= 0.6 is 0 Å². The maximum Gasteiger partial charge on any atom is 0.416 e. The summed E-state index contributed by atoms with van der Waals surface area (Å²) in [4.78, 5) is 0. The first kappa shape index (κ1) is 16.1. The van der Waals surface area contributed by atoms with E-state index in [1.807, 2.05) is 0 Å². The first-order valence-electron chi connectivity index (χ1n) is 7.01. The maximum atomic E-state index is 13.9. The van der Waals surface area contributed by atoms with Crippen molar-refractivity contribution < 1.29 is 22.7 Å². The number of hydrogen-bond acceptors (Lipinski definition) is 2. The Bertz CT molecular complexity index is 493. The van der Waals surface area contributed by atoms with Gasteiger partial charge in [0.1, 0.15) is 5.82 Å². The van der Waals surface area contributed by atoms with Gasteiger partial charge in [-0.3, -0.25) is 0 Å². The van der Waals surface area contributed by atoms with Crippen LogP contribution in [0.25, 0.3) is 0 Å². The Morgan fingerprint density at radius 1 is 1.29 bits per heavy atom. The Hall–Kier alpha value is -1.30. The van der Waals surface area contributed by atoms with Gasteiger partial charge >= 0.3 is 6.18 Å². The molecule has 2 N–H and O–H groups in total. The van der Waals surface area contributed by atoms with Crippen LogP contribution in [0, 0.1) is 11.7 Å². The van der Waals surface area contributed by atoms with Crippen molar-refractivity contribution in [2.24, 2.45) is 5.92 Å². The van der Waals surface area contributed by atoms with Gasteiger partial charge in [0.05, 0.1) is 23.4 Å². The second-order valence-corrected chi connectivity index (χ2v) is 5.94. The fourth-order valence-electron chi connectivity index (χ4n) is 2.72. The van der Waals surface area contributed by atoms with Crippen LogP contribution in [0.1, 0.15) is 38.2 Å². The quantitative estimate of drug-likeness (QED) is 0.820. The minimum atomic E-state index is -4.56. The Labute approximate surface area is 121 Å². The predicted molar refractivity (Wildman–Crippen MR) is 72.5 cm³/mol. The average Bonchev–Trinajstić information content (AvgIpc) is 2.43. The highest BCUT2D eigenvalue weighted by atomic mass is 19.4. The van der Waals surface area contributed by atoms with Crippen molar-refractivity contribution in [2.45, 2.75) is 44.3 Å². The molecule has 2 rings (SSSR count). The first-order valence-corrected chi connectivity index (χ1v) is 7.01. The van der Waals surface area contributed by atoms with Gasteiger partial charge in [0, 0.05) is 0 Å². The molecule has 1 aliphatic rings. The van der Waals surface area contributed by atoms with Gasteiger partial charge < -0.3 is 10.4 Å². The highest BCUT2D eigenvalue weighted by Crippen LogP contribution is 2.36. The van der Waals surface area contributed by atoms with Gasteiger partial charge in [-0.2, -0.15) is 13.2 Å². The van der Waals surface area contributed by atoms with Gasteiger partial charge in [-0.15, -0.1) is 0 Å². The van der Waals surface area contributed by atoms with E-state index < -0.39 is 23.1 Å². The molecule has 0 aliphatic heterocycles. The molecular formula is C15H19F4NO. The summed E-state index contributed by atoms with van der Waals surface area (Å²) in [6.45, 7) is 1.94. The molecular weight excluding hydrogens is 286 g/mol. The van der Waals surface area contributed by atoms with Gasteiger partial charge in [-0.25, -0.2) is 4.39 Å². The number of nitrogens with one attached hydrogen (secondary N) is 1. The molecule has 1 fully saturated rings. The van der Waals surface area contributed by atoms with Gasteiger partial charge in [0.15, 0.2) is 0 Å². The number of hydrogen-bond donors (Lipinski definition) is 2. The summed E-state index contributed by atoms with van der Waals surface area (Å²) in [6.07, 6.45) is -1.42. The minimum Gasteiger partial charge on any atom is -0.394 e. The van der Waals surface area contributed by atoms with Crippen LogP contribution in [-0.2, 0) is 6.18 Å². The van der Waals surface area contributed by atoms with E-state index in [1.54, 1.807) is 0 Å². The van der Waals surface area contributed by atoms with E-state index in [2.05, 4.69) is 12.2 Å². The molecule has 1 saturated carbocycles. The van der Waals surface area contributed by atoms with E-state index in [4.69, 9.17) is 0 Å². The van der Waals surface area contributed by atoms with Crippen molar-refractivity contribution in [3.63, 3.8) is 0 Å². The van der Waals surface area contributed by atoms with Gasteiger partial charge in [-0.05, 0) is 49.8 Å². The number of alkyl halides is 3. The third-order valence-corrected chi connectivity index (χ3v) is 4.23. The molecule has 0 unspecified atom stereocenters. The summed E-state index contributed by atoms with van der Waals surface area (Å²) in [5, 5.41) is 12.5. The number of aliphatic hydroxyl groups excluding tert-OH is 1. The van der Waals surface area contributed by atoms with Crippen molar-refractivity contribution in [3.8, 4) is 0 Å². The zero-order chi connectivity index (χ0) is 15.7. The third-order valence-electron chi connectivity index (χ3n) is 4.23. The van der Waals surface area contributed by atoms with Crippen molar-refractivity contribution in [1.29, 1.82) is 0 Å². The average molecular weight is 305 g/mol. The lowest BCUT2D eigenvalue weighted by Crippen LogP contribution is -2.45. The number of aliphatic hydroxyl groups is 1. The zero-order valence-corrected chi connectivity index (χ0v) is 11.8. The molecule has 6 heteroatoms. The predicted octanol–water partition coefficient (Wildman–Crippen LogP) is 4.20.